The van der Waals surface area contributed by atoms with E-state index in [4.69, 9.17) is 9.47 Å². The Morgan fingerprint density at radius 1 is 1.15 bits per heavy atom. The van der Waals surface area contributed by atoms with Crippen molar-refractivity contribution in [2.45, 2.75) is 0 Å². The standard InChI is InChI=1S/C20H23FN2O3/c1-25-19-7-6-17(14-18(19)21)15-2-4-16(5-3-15)20(24)22-8-9-23-10-12-26-13-11-23/h2-7,14H,8-13H2,1H3,(H,22,24). The first-order chi connectivity index (χ1) is 12.7. The highest BCUT2D eigenvalue weighted by molar-refractivity contribution is 5.94. The second kappa shape index (κ2) is 8.78. The van der Waals surface area contributed by atoms with E-state index in [-0.39, 0.29) is 11.7 Å². The van der Waals surface area contributed by atoms with Gasteiger partial charge in [0, 0.05) is 31.7 Å². The van der Waals surface area contributed by atoms with E-state index in [0.29, 0.717) is 12.1 Å². The predicted molar refractivity (Wildman–Crippen MR) is 98.0 cm³/mol. The molecule has 138 valence electrons. The summed E-state index contributed by atoms with van der Waals surface area (Å²) in [6.07, 6.45) is 0. The molecule has 0 atom stereocenters. The molecule has 1 aliphatic heterocycles. The highest BCUT2D eigenvalue weighted by atomic mass is 19.1. The molecule has 3 rings (SSSR count). The Morgan fingerprint density at radius 2 is 1.85 bits per heavy atom. The van der Waals surface area contributed by atoms with Crippen molar-refractivity contribution >= 4 is 5.91 Å². The second-order valence-electron chi connectivity index (χ2n) is 6.14. The first-order valence-electron chi connectivity index (χ1n) is 8.69. The van der Waals surface area contributed by atoms with Crippen LogP contribution in [0, 0.1) is 5.82 Å². The summed E-state index contributed by atoms with van der Waals surface area (Å²) in [4.78, 5) is 14.5. The van der Waals surface area contributed by atoms with Crippen molar-refractivity contribution in [2.24, 2.45) is 0 Å². The summed E-state index contributed by atoms with van der Waals surface area (Å²) < 4.78 is 24.1. The van der Waals surface area contributed by atoms with Crippen molar-refractivity contribution in [3.8, 4) is 16.9 Å². The Balaban J connectivity index is 1.56. The van der Waals surface area contributed by atoms with Gasteiger partial charge in [0.25, 0.3) is 5.91 Å². The van der Waals surface area contributed by atoms with Gasteiger partial charge in [0.1, 0.15) is 0 Å². The lowest BCUT2D eigenvalue weighted by Crippen LogP contribution is -2.41. The summed E-state index contributed by atoms with van der Waals surface area (Å²) in [6, 6.07) is 12.0. The number of morpholine rings is 1. The fourth-order valence-electron chi connectivity index (χ4n) is 2.91. The van der Waals surface area contributed by atoms with Crippen LogP contribution in [-0.4, -0.2) is 57.3 Å². The lowest BCUT2D eigenvalue weighted by Gasteiger charge is -2.26. The third-order valence-corrected chi connectivity index (χ3v) is 4.45. The van der Waals surface area contributed by atoms with Crippen LogP contribution in [0.25, 0.3) is 11.1 Å². The highest BCUT2D eigenvalue weighted by Crippen LogP contribution is 2.25. The van der Waals surface area contributed by atoms with Gasteiger partial charge in [-0.1, -0.05) is 18.2 Å². The SMILES string of the molecule is COc1ccc(-c2ccc(C(=O)NCCN3CCOCC3)cc2)cc1F. The zero-order valence-corrected chi connectivity index (χ0v) is 14.8. The van der Waals surface area contributed by atoms with Crippen LogP contribution >= 0.6 is 0 Å². The highest BCUT2D eigenvalue weighted by Gasteiger charge is 2.11. The number of nitrogens with zero attached hydrogens (tertiary/aromatic N) is 1. The number of methoxy groups -OCH3 is 1. The topological polar surface area (TPSA) is 50.8 Å². The number of carbonyl (C=O) groups is 1. The molecule has 0 aromatic heterocycles. The van der Waals surface area contributed by atoms with E-state index in [1.165, 1.54) is 13.2 Å². The zero-order chi connectivity index (χ0) is 18.4. The Hall–Kier alpha value is -2.44. The van der Waals surface area contributed by atoms with Crippen molar-refractivity contribution in [3.63, 3.8) is 0 Å². The molecule has 1 heterocycles. The van der Waals surface area contributed by atoms with Crippen LogP contribution in [0.1, 0.15) is 10.4 Å². The summed E-state index contributed by atoms with van der Waals surface area (Å²) in [7, 11) is 1.44. The number of benzene rings is 2. The molecule has 0 saturated carbocycles. The molecule has 1 saturated heterocycles. The molecule has 26 heavy (non-hydrogen) atoms. The van der Waals surface area contributed by atoms with Crippen molar-refractivity contribution in [2.75, 3.05) is 46.5 Å². The van der Waals surface area contributed by atoms with Gasteiger partial charge in [0.2, 0.25) is 0 Å². The summed E-state index contributed by atoms with van der Waals surface area (Å²) in [5, 5.41) is 2.93. The number of rotatable bonds is 6. The maximum absolute atomic E-state index is 13.8. The average Bonchev–Trinajstić information content (AvgIpc) is 2.69. The number of amides is 1. The molecular formula is C20H23FN2O3. The van der Waals surface area contributed by atoms with E-state index in [9.17, 15) is 9.18 Å². The molecule has 2 aromatic rings. The maximum Gasteiger partial charge on any atom is 0.251 e. The van der Waals surface area contributed by atoms with Crippen molar-refractivity contribution in [1.29, 1.82) is 0 Å². The van der Waals surface area contributed by atoms with Crippen molar-refractivity contribution in [1.82, 2.24) is 10.2 Å². The van der Waals surface area contributed by atoms with E-state index in [0.717, 1.165) is 44.0 Å². The van der Waals surface area contributed by atoms with Crippen LogP contribution < -0.4 is 10.1 Å². The molecule has 0 unspecified atom stereocenters. The van der Waals surface area contributed by atoms with Gasteiger partial charge in [0.15, 0.2) is 11.6 Å². The number of hydrogen-bond donors (Lipinski definition) is 1. The Kier molecular flexibility index (Phi) is 6.20. The minimum atomic E-state index is -0.407. The first kappa shape index (κ1) is 18.4. The largest absolute Gasteiger partial charge is 0.494 e. The molecule has 0 bridgehead atoms. The van der Waals surface area contributed by atoms with E-state index < -0.39 is 5.82 Å². The van der Waals surface area contributed by atoms with Crippen LogP contribution in [0.2, 0.25) is 0 Å². The molecule has 6 heteroatoms. The Labute approximate surface area is 152 Å². The minimum Gasteiger partial charge on any atom is -0.494 e. The van der Waals surface area contributed by atoms with Gasteiger partial charge >= 0.3 is 0 Å². The normalized spacial score (nSPS) is 14.8. The molecule has 0 radical (unpaired) electrons. The van der Waals surface area contributed by atoms with Crippen molar-refractivity contribution < 1.29 is 18.7 Å². The van der Waals surface area contributed by atoms with Gasteiger partial charge in [-0.25, -0.2) is 4.39 Å². The van der Waals surface area contributed by atoms with Gasteiger partial charge in [-0.2, -0.15) is 0 Å². The van der Waals surface area contributed by atoms with Crippen molar-refractivity contribution in [3.05, 3.63) is 53.8 Å². The average molecular weight is 358 g/mol. The molecular weight excluding hydrogens is 335 g/mol. The number of carbonyl (C=O) groups excluding carboxylic acids is 1. The van der Waals surface area contributed by atoms with Gasteiger partial charge in [-0.15, -0.1) is 0 Å². The number of halogens is 1. The number of nitrogens with one attached hydrogen (secondary N) is 1. The predicted octanol–water partition coefficient (Wildman–Crippen LogP) is 2.56. The molecule has 1 amide bonds. The first-order valence-corrected chi connectivity index (χ1v) is 8.69. The lowest BCUT2D eigenvalue weighted by atomic mass is 10.0. The quantitative estimate of drug-likeness (QED) is 0.862. The van der Waals surface area contributed by atoms with Gasteiger partial charge in [0.05, 0.1) is 20.3 Å². The maximum atomic E-state index is 13.8. The summed E-state index contributed by atoms with van der Waals surface area (Å²) in [5.41, 5.74) is 2.17. The zero-order valence-electron chi connectivity index (χ0n) is 14.8. The third kappa shape index (κ3) is 4.59. The molecule has 0 spiro atoms. The Morgan fingerprint density at radius 3 is 2.50 bits per heavy atom. The van der Waals surface area contributed by atoms with Crippen LogP contribution in [-0.2, 0) is 4.74 Å². The molecule has 0 aliphatic carbocycles. The minimum absolute atomic E-state index is 0.106. The van der Waals surface area contributed by atoms with E-state index >= 15 is 0 Å². The van der Waals surface area contributed by atoms with Crippen LogP contribution in [0.5, 0.6) is 5.75 Å². The third-order valence-electron chi connectivity index (χ3n) is 4.45. The number of hydrogen-bond acceptors (Lipinski definition) is 4. The van der Waals surface area contributed by atoms with Crippen LogP contribution in [0.4, 0.5) is 4.39 Å². The molecule has 5 nitrogen and oxygen atoms in total. The molecule has 2 aromatic carbocycles. The molecule has 1 fully saturated rings. The fourth-order valence-corrected chi connectivity index (χ4v) is 2.91. The van der Waals surface area contributed by atoms with Crippen LogP contribution in [0.3, 0.4) is 0 Å². The van der Waals surface area contributed by atoms with E-state index in [2.05, 4.69) is 10.2 Å². The van der Waals surface area contributed by atoms with Gasteiger partial charge in [-0.3, -0.25) is 9.69 Å². The number of ether oxygens (including phenoxy) is 2. The lowest BCUT2D eigenvalue weighted by molar-refractivity contribution is 0.0383. The molecule has 1 aliphatic rings. The smallest absolute Gasteiger partial charge is 0.251 e. The van der Waals surface area contributed by atoms with Gasteiger partial charge in [-0.05, 0) is 35.4 Å². The second-order valence-corrected chi connectivity index (χ2v) is 6.14. The summed E-state index contributed by atoms with van der Waals surface area (Å²) in [6.45, 7) is 4.73. The van der Waals surface area contributed by atoms with E-state index in [1.54, 1.807) is 24.3 Å². The van der Waals surface area contributed by atoms with Gasteiger partial charge < -0.3 is 14.8 Å². The summed E-state index contributed by atoms with van der Waals surface area (Å²) >= 11 is 0. The van der Waals surface area contributed by atoms with Crippen LogP contribution in [0.15, 0.2) is 42.5 Å². The summed E-state index contributed by atoms with van der Waals surface area (Å²) in [5.74, 6) is -0.300. The monoisotopic (exact) mass is 358 g/mol. The van der Waals surface area contributed by atoms with E-state index in [1.807, 2.05) is 12.1 Å². The Bertz CT molecular complexity index is 743. The molecule has 1 N–H and O–H groups in total. The fraction of sp³-hybridized carbons (Fsp3) is 0.350.